The highest BCUT2D eigenvalue weighted by Crippen LogP contribution is 2.36. The molecule has 2 aromatic rings. The Hall–Kier alpha value is -1.53. The molecule has 0 saturated carbocycles. The number of thioether (sulfide) groups is 1. The van der Waals surface area contributed by atoms with E-state index in [2.05, 4.69) is 0 Å². The second-order valence-corrected chi connectivity index (χ2v) is 6.10. The van der Waals surface area contributed by atoms with E-state index >= 15 is 0 Å². The van der Waals surface area contributed by atoms with Gasteiger partial charge in [0.05, 0.1) is 18.4 Å². The molecule has 1 N–H and O–H groups in total. The molecular weight excluding hydrogens is 296 g/mol. The van der Waals surface area contributed by atoms with Gasteiger partial charge in [0, 0.05) is 16.0 Å². The number of ether oxygens (including phenoxy) is 1. The predicted molar refractivity (Wildman–Crippen MR) is 81.4 cm³/mol. The summed E-state index contributed by atoms with van der Waals surface area (Å²) in [6.45, 7) is 0. The molecule has 0 amide bonds. The minimum Gasteiger partial charge on any atom is -0.496 e. The maximum atomic E-state index is 11.9. The zero-order valence-corrected chi connectivity index (χ0v) is 12.8. The normalized spacial score (nSPS) is 10.7. The van der Waals surface area contributed by atoms with Gasteiger partial charge in [0.15, 0.2) is 5.78 Å². The van der Waals surface area contributed by atoms with E-state index in [0.29, 0.717) is 4.88 Å². The summed E-state index contributed by atoms with van der Waals surface area (Å²) < 4.78 is 6.29. The number of hydrogen-bond acceptors (Lipinski definition) is 5. The Bertz CT molecular complexity index is 619. The van der Waals surface area contributed by atoms with E-state index in [9.17, 15) is 9.59 Å². The van der Waals surface area contributed by atoms with Crippen LogP contribution in [0.1, 0.15) is 22.5 Å². The van der Waals surface area contributed by atoms with Gasteiger partial charge in [-0.3, -0.25) is 9.59 Å². The van der Waals surface area contributed by atoms with Crippen molar-refractivity contribution in [3.05, 3.63) is 23.1 Å². The fourth-order valence-corrected chi connectivity index (χ4v) is 3.48. The topological polar surface area (TPSA) is 63.6 Å². The number of benzene rings is 1. The van der Waals surface area contributed by atoms with Gasteiger partial charge in [-0.05, 0) is 29.8 Å². The Kier molecular flexibility index (Phi) is 4.67. The van der Waals surface area contributed by atoms with Crippen molar-refractivity contribution in [3.63, 3.8) is 0 Å². The Balaban J connectivity index is 2.33. The first-order valence-corrected chi connectivity index (χ1v) is 8.00. The molecule has 0 bridgehead atoms. The van der Waals surface area contributed by atoms with E-state index in [1.54, 1.807) is 18.9 Å². The molecule has 20 heavy (non-hydrogen) atoms. The highest BCUT2D eigenvalue weighted by Gasteiger charge is 2.14. The third kappa shape index (κ3) is 3.13. The number of carbonyl (C=O) groups excluding carboxylic acids is 1. The number of carbonyl (C=O) groups is 2. The van der Waals surface area contributed by atoms with Crippen LogP contribution in [0.3, 0.4) is 0 Å². The molecule has 0 atom stereocenters. The van der Waals surface area contributed by atoms with Crippen molar-refractivity contribution < 1.29 is 19.4 Å². The Morgan fingerprint density at radius 3 is 2.65 bits per heavy atom. The first-order valence-electron chi connectivity index (χ1n) is 5.95. The van der Waals surface area contributed by atoms with Gasteiger partial charge in [-0.1, -0.05) is 0 Å². The maximum absolute atomic E-state index is 11.9. The molecular formula is C14H14O4S2. The number of Topliss-reactive ketones (excluding diaryl/α,β-unsaturated/α-hetero) is 1. The van der Waals surface area contributed by atoms with Crippen LogP contribution < -0.4 is 4.74 Å². The molecule has 106 valence electrons. The van der Waals surface area contributed by atoms with Crippen LogP contribution in [0.15, 0.2) is 23.1 Å². The van der Waals surface area contributed by atoms with E-state index in [4.69, 9.17) is 9.84 Å². The molecule has 0 aliphatic carbocycles. The lowest BCUT2D eigenvalue weighted by atomic mass is 10.1. The number of hydrogen-bond donors (Lipinski definition) is 1. The van der Waals surface area contributed by atoms with Crippen molar-refractivity contribution in [1.82, 2.24) is 0 Å². The van der Waals surface area contributed by atoms with Crippen LogP contribution in [0.4, 0.5) is 0 Å². The second kappa shape index (κ2) is 6.28. The third-order valence-corrected chi connectivity index (χ3v) is 4.76. The van der Waals surface area contributed by atoms with Gasteiger partial charge in [-0.25, -0.2) is 0 Å². The molecule has 0 fully saturated rings. The summed E-state index contributed by atoms with van der Waals surface area (Å²) in [6.07, 6.45) is 1.87. The van der Waals surface area contributed by atoms with Crippen LogP contribution in [0.2, 0.25) is 0 Å². The van der Waals surface area contributed by atoms with Crippen LogP contribution in [0.5, 0.6) is 5.75 Å². The van der Waals surface area contributed by atoms with Crippen LogP contribution in [-0.4, -0.2) is 30.2 Å². The van der Waals surface area contributed by atoms with Gasteiger partial charge in [-0.2, -0.15) is 0 Å². The summed E-state index contributed by atoms with van der Waals surface area (Å²) >= 11 is 2.96. The predicted octanol–water partition coefficient (Wildman–Crippen LogP) is 3.68. The lowest BCUT2D eigenvalue weighted by Crippen LogP contribution is -2.01. The van der Waals surface area contributed by atoms with Gasteiger partial charge in [0.1, 0.15) is 5.75 Å². The summed E-state index contributed by atoms with van der Waals surface area (Å²) in [4.78, 5) is 24.1. The summed E-state index contributed by atoms with van der Waals surface area (Å²) in [5.74, 6) is -0.291. The fraction of sp³-hybridized carbons (Fsp3) is 0.286. The highest BCUT2D eigenvalue weighted by molar-refractivity contribution is 7.98. The Labute approximate surface area is 124 Å². The number of rotatable bonds is 6. The molecule has 1 aromatic heterocycles. The number of fused-ring (bicyclic) bond motifs is 1. The molecule has 1 heterocycles. The molecule has 6 heteroatoms. The van der Waals surface area contributed by atoms with E-state index in [-0.39, 0.29) is 18.6 Å². The van der Waals surface area contributed by atoms with Crippen molar-refractivity contribution in [1.29, 1.82) is 0 Å². The third-order valence-electron chi connectivity index (χ3n) is 2.86. The lowest BCUT2D eigenvalue weighted by molar-refractivity contribution is -0.136. The van der Waals surface area contributed by atoms with Crippen LogP contribution in [-0.2, 0) is 4.79 Å². The van der Waals surface area contributed by atoms with Gasteiger partial charge in [-0.15, -0.1) is 23.1 Å². The van der Waals surface area contributed by atoms with Crippen molar-refractivity contribution in [2.24, 2.45) is 0 Å². The van der Waals surface area contributed by atoms with E-state index < -0.39 is 5.97 Å². The van der Waals surface area contributed by atoms with Crippen LogP contribution in [0.25, 0.3) is 10.1 Å². The number of thiophene rings is 1. The molecule has 2 rings (SSSR count). The summed E-state index contributed by atoms with van der Waals surface area (Å²) in [5.41, 5.74) is 0. The van der Waals surface area contributed by atoms with Crippen molar-refractivity contribution in [2.45, 2.75) is 17.7 Å². The average molecular weight is 310 g/mol. The van der Waals surface area contributed by atoms with Gasteiger partial charge in [0.2, 0.25) is 0 Å². The number of carboxylic acid groups (broad SMARTS) is 1. The second-order valence-electron chi connectivity index (χ2n) is 4.17. The lowest BCUT2D eigenvalue weighted by Gasteiger charge is -2.05. The summed E-state index contributed by atoms with van der Waals surface area (Å²) in [7, 11) is 1.62. The van der Waals surface area contributed by atoms with Gasteiger partial charge in [0.25, 0.3) is 0 Å². The first-order chi connectivity index (χ1) is 9.55. The smallest absolute Gasteiger partial charge is 0.303 e. The minimum absolute atomic E-state index is 0.0364. The number of aliphatic carboxylic acids is 1. The quantitative estimate of drug-likeness (QED) is 0.651. The van der Waals surface area contributed by atoms with E-state index in [0.717, 1.165) is 20.7 Å². The number of methoxy groups -OCH3 is 1. The largest absolute Gasteiger partial charge is 0.496 e. The fourth-order valence-electron chi connectivity index (χ4n) is 1.85. The molecule has 0 radical (unpaired) electrons. The number of carboxylic acids is 1. The monoisotopic (exact) mass is 310 g/mol. The zero-order valence-electron chi connectivity index (χ0n) is 11.1. The van der Waals surface area contributed by atoms with Crippen molar-refractivity contribution in [3.8, 4) is 5.75 Å². The molecule has 0 aliphatic heterocycles. The molecule has 0 saturated heterocycles. The molecule has 0 aliphatic rings. The molecule has 0 spiro atoms. The van der Waals surface area contributed by atoms with Crippen LogP contribution >= 0.6 is 23.1 Å². The molecule has 1 aromatic carbocycles. The standard InChI is InChI=1S/C14H14O4S2/c1-18-10-7-11-8(6-13(10)19-2)5-12(20-11)9(15)3-4-14(16)17/h5-7H,3-4H2,1-2H3,(H,16,17). The molecule has 0 unspecified atom stereocenters. The number of ketones is 1. The Morgan fingerprint density at radius 1 is 1.30 bits per heavy atom. The van der Waals surface area contributed by atoms with Crippen LogP contribution in [0, 0.1) is 0 Å². The Morgan fingerprint density at radius 2 is 2.05 bits per heavy atom. The summed E-state index contributed by atoms with van der Waals surface area (Å²) in [5, 5.41) is 9.60. The highest BCUT2D eigenvalue weighted by atomic mass is 32.2. The SMILES string of the molecule is COc1cc2sc(C(=O)CCC(=O)O)cc2cc1SC. The first kappa shape index (κ1) is 14.9. The average Bonchev–Trinajstić information content (AvgIpc) is 2.85. The summed E-state index contributed by atoms with van der Waals surface area (Å²) in [6, 6.07) is 5.73. The van der Waals surface area contributed by atoms with E-state index in [1.807, 2.05) is 24.5 Å². The molecule has 4 nitrogen and oxygen atoms in total. The van der Waals surface area contributed by atoms with Crippen molar-refractivity contribution >= 4 is 44.9 Å². The maximum Gasteiger partial charge on any atom is 0.303 e. The zero-order chi connectivity index (χ0) is 14.7. The minimum atomic E-state index is -0.953. The van der Waals surface area contributed by atoms with Gasteiger partial charge >= 0.3 is 5.97 Å². The van der Waals surface area contributed by atoms with E-state index in [1.165, 1.54) is 11.3 Å². The van der Waals surface area contributed by atoms with Gasteiger partial charge < -0.3 is 9.84 Å². The van der Waals surface area contributed by atoms with Crippen molar-refractivity contribution in [2.75, 3.05) is 13.4 Å².